The number of amides is 1. The number of benzene rings is 1. The summed E-state index contributed by atoms with van der Waals surface area (Å²) in [5.74, 6) is 1.22. The molecule has 0 saturated carbocycles. The van der Waals surface area contributed by atoms with E-state index in [9.17, 15) is 9.90 Å². The van der Waals surface area contributed by atoms with Gasteiger partial charge in [-0.15, -0.1) is 0 Å². The molecule has 1 atom stereocenters. The van der Waals surface area contributed by atoms with Gasteiger partial charge in [0, 0.05) is 37.3 Å². The number of pyridine rings is 1. The number of hydrogen-bond donors (Lipinski definition) is 1. The fourth-order valence-corrected chi connectivity index (χ4v) is 4.18. The molecule has 1 unspecified atom stereocenters. The fourth-order valence-electron chi connectivity index (χ4n) is 4.18. The molecule has 0 spiro atoms. The van der Waals surface area contributed by atoms with E-state index in [1.165, 1.54) is 16.7 Å². The predicted molar refractivity (Wildman–Crippen MR) is 117 cm³/mol. The summed E-state index contributed by atoms with van der Waals surface area (Å²) >= 11 is 0. The van der Waals surface area contributed by atoms with Crippen LogP contribution in [0.15, 0.2) is 41.1 Å². The van der Waals surface area contributed by atoms with Crippen LogP contribution in [-0.2, 0) is 12.8 Å². The molecule has 3 heterocycles. The van der Waals surface area contributed by atoms with Gasteiger partial charge in [-0.3, -0.25) is 4.98 Å². The van der Waals surface area contributed by atoms with Gasteiger partial charge in [0.05, 0.1) is 5.56 Å². The summed E-state index contributed by atoms with van der Waals surface area (Å²) < 4.78 is 5.20. The lowest BCUT2D eigenvalue weighted by molar-refractivity contribution is 0.135. The van der Waals surface area contributed by atoms with Crippen LogP contribution < -0.4 is 0 Å². The van der Waals surface area contributed by atoms with Gasteiger partial charge in [-0.25, -0.2) is 4.79 Å². The lowest BCUT2D eigenvalue weighted by Crippen LogP contribution is -2.36. The zero-order valence-corrected chi connectivity index (χ0v) is 18.4. The van der Waals surface area contributed by atoms with E-state index in [4.69, 9.17) is 4.52 Å². The van der Waals surface area contributed by atoms with E-state index >= 15 is 0 Å². The van der Waals surface area contributed by atoms with Crippen LogP contribution in [-0.4, -0.2) is 44.3 Å². The number of aryl methyl sites for hydroxylation is 1. The van der Waals surface area contributed by atoms with E-state index in [0.29, 0.717) is 31.2 Å². The summed E-state index contributed by atoms with van der Waals surface area (Å²) in [5, 5.41) is 13.4. The van der Waals surface area contributed by atoms with E-state index in [-0.39, 0.29) is 11.3 Å². The van der Waals surface area contributed by atoms with Crippen LogP contribution in [0.3, 0.4) is 0 Å². The molecule has 1 aliphatic heterocycles. The van der Waals surface area contributed by atoms with E-state index < -0.39 is 6.09 Å². The van der Waals surface area contributed by atoms with E-state index in [2.05, 4.69) is 54.1 Å². The smallest absolute Gasteiger partial charge is 0.407 e. The minimum Gasteiger partial charge on any atom is -0.465 e. The molecule has 7 nitrogen and oxygen atoms in total. The molecule has 0 radical (unpaired) electrons. The van der Waals surface area contributed by atoms with Crippen molar-refractivity contribution in [3.8, 4) is 11.5 Å². The predicted octanol–water partition coefficient (Wildman–Crippen LogP) is 4.70. The maximum atomic E-state index is 11.7. The number of aromatic nitrogens is 3. The second-order valence-electron chi connectivity index (χ2n) is 9.29. The molecular formula is C24H28N4O3. The molecular weight excluding hydrogens is 392 g/mol. The third-order valence-electron chi connectivity index (χ3n) is 5.94. The van der Waals surface area contributed by atoms with Gasteiger partial charge in [-0.05, 0) is 47.6 Å². The maximum Gasteiger partial charge on any atom is 0.407 e. The zero-order valence-electron chi connectivity index (χ0n) is 18.4. The number of hydrogen-bond acceptors (Lipinski definition) is 5. The highest BCUT2D eigenvalue weighted by Gasteiger charge is 2.33. The van der Waals surface area contributed by atoms with E-state index in [0.717, 1.165) is 17.7 Å². The maximum absolute atomic E-state index is 11.7. The molecule has 4 rings (SSSR count). The summed E-state index contributed by atoms with van der Waals surface area (Å²) in [5.41, 5.74) is 5.39. The Labute approximate surface area is 182 Å². The first-order valence-electron chi connectivity index (χ1n) is 10.6. The van der Waals surface area contributed by atoms with Crippen LogP contribution in [0.2, 0.25) is 0 Å². The van der Waals surface area contributed by atoms with Gasteiger partial charge in [0.15, 0.2) is 5.82 Å². The van der Waals surface area contributed by atoms with Crippen molar-refractivity contribution >= 4 is 6.09 Å². The highest BCUT2D eigenvalue weighted by atomic mass is 16.5. The Bertz CT molecular complexity index is 1080. The second kappa shape index (κ2) is 8.13. The monoisotopic (exact) mass is 420 g/mol. The standard InChI is InChI=1S/C24H28N4O3/c1-15-26-22(31-27-15)18-6-7-19(25-13-18)12-16-5-8-20-17(11-16)9-10-28(23(29)30)14-21(20)24(2,3)4/h5-8,11,13,21H,9-10,12,14H2,1-4H3,(H,29,30). The van der Waals surface area contributed by atoms with Crippen LogP contribution in [0.5, 0.6) is 0 Å². The van der Waals surface area contributed by atoms with Gasteiger partial charge in [-0.2, -0.15) is 4.98 Å². The average molecular weight is 421 g/mol. The van der Waals surface area contributed by atoms with Crippen molar-refractivity contribution in [2.24, 2.45) is 5.41 Å². The fraction of sp³-hybridized carbons (Fsp3) is 0.417. The van der Waals surface area contributed by atoms with Crippen molar-refractivity contribution in [1.29, 1.82) is 0 Å². The molecule has 0 saturated heterocycles. The second-order valence-corrected chi connectivity index (χ2v) is 9.29. The Balaban J connectivity index is 1.57. The van der Waals surface area contributed by atoms with Crippen LogP contribution in [0.1, 0.15) is 54.9 Å². The number of nitrogens with zero attached hydrogens (tertiary/aromatic N) is 4. The first kappa shape index (κ1) is 21.0. The molecule has 1 N–H and O–H groups in total. The molecule has 162 valence electrons. The highest BCUT2D eigenvalue weighted by molar-refractivity contribution is 5.65. The van der Waals surface area contributed by atoms with Crippen LogP contribution >= 0.6 is 0 Å². The van der Waals surface area contributed by atoms with Crippen LogP contribution in [0.25, 0.3) is 11.5 Å². The van der Waals surface area contributed by atoms with Gasteiger partial charge in [0.2, 0.25) is 0 Å². The van der Waals surface area contributed by atoms with Crippen molar-refractivity contribution in [2.45, 2.75) is 46.5 Å². The SMILES string of the molecule is Cc1noc(-c2ccc(Cc3ccc4c(c3)CCN(C(=O)O)CC4C(C)(C)C)nc2)n1. The summed E-state index contributed by atoms with van der Waals surface area (Å²) in [6.07, 6.45) is 2.35. The molecule has 0 fully saturated rings. The Morgan fingerprint density at radius 2 is 2.06 bits per heavy atom. The number of rotatable bonds is 3. The molecule has 0 aliphatic carbocycles. The topological polar surface area (TPSA) is 92.4 Å². The molecule has 7 heteroatoms. The minimum absolute atomic E-state index is 0.0290. The lowest BCUT2D eigenvalue weighted by atomic mass is 9.75. The van der Waals surface area contributed by atoms with Crippen LogP contribution in [0, 0.1) is 12.3 Å². The number of carbonyl (C=O) groups is 1. The Kier molecular flexibility index (Phi) is 5.52. The van der Waals surface area contributed by atoms with E-state index in [1.54, 1.807) is 18.0 Å². The van der Waals surface area contributed by atoms with Crippen molar-refractivity contribution in [1.82, 2.24) is 20.0 Å². The summed E-state index contributed by atoms with van der Waals surface area (Å²) in [7, 11) is 0. The zero-order chi connectivity index (χ0) is 22.2. The Hall–Kier alpha value is -3.22. The van der Waals surface area contributed by atoms with Crippen molar-refractivity contribution < 1.29 is 14.4 Å². The van der Waals surface area contributed by atoms with Crippen molar-refractivity contribution in [3.63, 3.8) is 0 Å². The summed E-state index contributed by atoms with van der Waals surface area (Å²) in [6, 6.07) is 10.5. The third-order valence-corrected chi connectivity index (χ3v) is 5.94. The molecule has 2 aromatic heterocycles. The number of fused-ring (bicyclic) bond motifs is 1. The average Bonchev–Trinajstić information content (AvgIpc) is 3.04. The molecule has 3 aromatic rings. The largest absolute Gasteiger partial charge is 0.465 e. The quantitative estimate of drug-likeness (QED) is 0.660. The van der Waals surface area contributed by atoms with E-state index in [1.807, 2.05) is 12.1 Å². The van der Waals surface area contributed by atoms with Gasteiger partial charge >= 0.3 is 6.09 Å². The van der Waals surface area contributed by atoms with Crippen LogP contribution in [0.4, 0.5) is 4.79 Å². The molecule has 31 heavy (non-hydrogen) atoms. The van der Waals surface area contributed by atoms with Gasteiger partial charge in [0.1, 0.15) is 0 Å². The van der Waals surface area contributed by atoms with Crippen molar-refractivity contribution in [3.05, 3.63) is 64.7 Å². The van der Waals surface area contributed by atoms with Gasteiger partial charge < -0.3 is 14.5 Å². The Morgan fingerprint density at radius 1 is 1.26 bits per heavy atom. The normalized spacial score (nSPS) is 16.6. The third kappa shape index (κ3) is 4.60. The molecule has 0 bridgehead atoms. The lowest BCUT2D eigenvalue weighted by Gasteiger charge is -2.33. The molecule has 1 amide bonds. The number of carboxylic acid groups (broad SMARTS) is 1. The molecule has 1 aliphatic rings. The first-order valence-corrected chi connectivity index (χ1v) is 10.6. The van der Waals surface area contributed by atoms with Crippen molar-refractivity contribution in [2.75, 3.05) is 13.1 Å². The summed E-state index contributed by atoms with van der Waals surface area (Å²) in [4.78, 5) is 22.0. The van der Waals surface area contributed by atoms with Gasteiger partial charge in [-0.1, -0.05) is 44.1 Å². The van der Waals surface area contributed by atoms with Gasteiger partial charge in [0.25, 0.3) is 5.89 Å². The molecule has 1 aromatic carbocycles. The first-order chi connectivity index (χ1) is 14.7. The summed E-state index contributed by atoms with van der Waals surface area (Å²) in [6.45, 7) is 9.37. The highest BCUT2D eigenvalue weighted by Crippen LogP contribution is 2.39. The Morgan fingerprint density at radius 3 is 2.68 bits per heavy atom. The minimum atomic E-state index is -0.844.